The lowest BCUT2D eigenvalue weighted by Gasteiger charge is -1.98. The van der Waals surface area contributed by atoms with Crippen molar-refractivity contribution in [2.75, 3.05) is 0 Å². The van der Waals surface area contributed by atoms with Crippen LogP contribution in [-0.4, -0.2) is 5.11 Å². The summed E-state index contributed by atoms with van der Waals surface area (Å²) in [4.78, 5) is 0. The molecule has 0 aliphatic heterocycles. The molecule has 0 unspecified atom stereocenters. The van der Waals surface area contributed by atoms with Crippen LogP contribution in [0, 0.1) is 17.1 Å². The van der Waals surface area contributed by atoms with Crippen molar-refractivity contribution < 1.29 is 13.9 Å². The van der Waals surface area contributed by atoms with Gasteiger partial charge in [0.15, 0.2) is 17.1 Å². The van der Waals surface area contributed by atoms with Gasteiger partial charge >= 0.3 is 0 Å². The zero-order valence-corrected chi connectivity index (χ0v) is 10.5. The zero-order chi connectivity index (χ0) is 12.9. The highest BCUT2D eigenvalue weighted by molar-refractivity contribution is 9.10. The minimum atomic E-state index is -0.737. The van der Waals surface area contributed by atoms with E-state index in [-0.39, 0.29) is 4.47 Å². The molecular formula is C13H5BrFNO2. The van der Waals surface area contributed by atoms with Gasteiger partial charge in [-0.3, -0.25) is 0 Å². The first-order valence-electron chi connectivity index (χ1n) is 5.05. The summed E-state index contributed by atoms with van der Waals surface area (Å²) in [5.74, 6) is -1.22. The largest absolute Gasteiger partial charge is 0.504 e. The first-order valence-corrected chi connectivity index (χ1v) is 5.84. The third kappa shape index (κ3) is 1.39. The average Bonchev–Trinajstić information content (AvgIpc) is 2.74. The van der Waals surface area contributed by atoms with Gasteiger partial charge in [0.25, 0.3) is 0 Å². The molecule has 1 aromatic heterocycles. The highest BCUT2D eigenvalue weighted by Gasteiger charge is 2.17. The van der Waals surface area contributed by atoms with Crippen molar-refractivity contribution in [2.45, 2.75) is 0 Å². The summed E-state index contributed by atoms with van der Waals surface area (Å²) < 4.78 is 19.2. The Balaban J connectivity index is 2.54. The van der Waals surface area contributed by atoms with Gasteiger partial charge in [0.2, 0.25) is 0 Å². The zero-order valence-electron chi connectivity index (χ0n) is 8.87. The maximum absolute atomic E-state index is 13.5. The fourth-order valence-corrected chi connectivity index (χ4v) is 2.38. The number of furan rings is 1. The summed E-state index contributed by atoms with van der Waals surface area (Å²) >= 11 is 3.10. The highest BCUT2D eigenvalue weighted by atomic mass is 79.9. The molecule has 0 saturated heterocycles. The molecule has 1 N–H and O–H groups in total. The van der Waals surface area contributed by atoms with Crippen LogP contribution in [0.1, 0.15) is 5.56 Å². The van der Waals surface area contributed by atoms with Crippen molar-refractivity contribution in [2.24, 2.45) is 0 Å². The number of nitriles is 1. The predicted molar refractivity (Wildman–Crippen MR) is 67.8 cm³/mol. The van der Waals surface area contributed by atoms with E-state index in [1.807, 2.05) is 6.07 Å². The van der Waals surface area contributed by atoms with Crippen LogP contribution in [0.4, 0.5) is 4.39 Å². The normalized spacial score (nSPS) is 10.9. The molecule has 18 heavy (non-hydrogen) atoms. The van der Waals surface area contributed by atoms with Crippen LogP contribution in [0.2, 0.25) is 0 Å². The van der Waals surface area contributed by atoms with Gasteiger partial charge in [-0.05, 0) is 40.2 Å². The second-order valence-electron chi connectivity index (χ2n) is 3.82. The van der Waals surface area contributed by atoms with Gasteiger partial charge in [-0.2, -0.15) is 5.26 Å². The van der Waals surface area contributed by atoms with E-state index < -0.39 is 11.6 Å². The van der Waals surface area contributed by atoms with Gasteiger partial charge in [0.1, 0.15) is 10.1 Å². The Morgan fingerprint density at radius 2 is 2.06 bits per heavy atom. The van der Waals surface area contributed by atoms with Crippen LogP contribution in [0.5, 0.6) is 5.75 Å². The topological polar surface area (TPSA) is 57.2 Å². The molecule has 0 aliphatic rings. The summed E-state index contributed by atoms with van der Waals surface area (Å²) in [5, 5.41) is 19.5. The lowest BCUT2D eigenvalue weighted by atomic mass is 10.1. The van der Waals surface area contributed by atoms with Crippen molar-refractivity contribution in [3.05, 3.63) is 40.1 Å². The highest BCUT2D eigenvalue weighted by Crippen LogP contribution is 2.40. The molecule has 5 heteroatoms. The fourth-order valence-electron chi connectivity index (χ4n) is 1.90. The monoisotopic (exact) mass is 305 g/mol. The van der Waals surface area contributed by atoms with Crippen LogP contribution in [0.15, 0.2) is 33.2 Å². The van der Waals surface area contributed by atoms with Crippen LogP contribution >= 0.6 is 15.9 Å². The van der Waals surface area contributed by atoms with E-state index in [9.17, 15) is 9.50 Å². The molecule has 0 atom stereocenters. The molecule has 0 radical (unpaired) electrons. The summed E-state index contributed by atoms with van der Waals surface area (Å²) in [7, 11) is 0. The maximum Gasteiger partial charge on any atom is 0.169 e. The molecule has 0 saturated carbocycles. The summed E-state index contributed by atoms with van der Waals surface area (Å²) in [6, 6.07) is 8.11. The molecule has 3 aromatic rings. The molecule has 3 rings (SSSR count). The Morgan fingerprint density at radius 3 is 2.78 bits per heavy atom. The van der Waals surface area contributed by atoms with Gasteiger partial charge in [-0.1, -0.05) is 0 Å². The van der Waals surface area contributed by atoms with Gasteiger partial charge in [0, 0.05) is 10.8 Å². The summed E-state index contributed by atoms with van der Waals surface area (Å²) in [5.41, 5.74) is 1.36. The maximum atomic E-state index is 13.5. The number of nitrogens with zero attached hydrogens (tertiary/aromatic N) is 1. The second-order valence-corrected chi connectivity index (χ2v) is 4.62. The third-order valence-corrected chi connectivity index (χ3v) is 3.50. The molecule has 3 nitrogen and oxygen atoms in total. The van der Waals surface area contributed by atoms with Crippen LogP contribution < -0.4 is 0 Å². The van der Waals surface area contributed by atoms with Gasteiger partial charge < -0.3 is 9.52 Å². The number of hydrogen-bond donors (Lipinski definition) is 1. The SMILES string of the molecule is N#Cc1ccc2oc3c(Br)c(O)c(F)cc3c2c1. The number of rotatable bonds is 0. The standard InChI is InChI=1S/C13H5BrFNO2/c14-11-12(17)9(15)4-8-7-3-6(5-16)1-2-10(7)18-13(8)11/h1-4,17H. The number of halogens is 2. The number of phenolic OH excluding ortho intramolecular Hbond substituents is 1. The van der Waals surface area contributed by atoms with Crippen molar-refractivity contribution in [3.8, 4) is 11.8 Å². The van der Waals surface area contributed by atoms with E-state index in [1.165, 1.54) is 6.07 Å². The van der Waals surface area contributed by atoms with Crippen LogP contribution in [0.25, 0.3) is 21.9 Å². The first-order chi connectivity index (χ1) is 8.61. The number of phenols is 1. The minimum Gasteiger partial charge on any atom is -0.504 e. The Morgan fingerprint density at radius 1 is 1.28 bits per heavy atom. The Kier molecular flexibility index (Phi) is 2.28. The van der Waals surface area contributed by atoms with Crippen LogP contribution in [0.3, 0.4) is 0 Å². The van der Waals surface area contributed by atoms with E-state index in [2.05, 4.69) is 15.9 Å². The molecular weight excluding hydrogens is 301 g/mol. The Labute approximate surface area is 109 Å². The fraction of sp³-hybridized carbons (Fsp3) is 0. The van der Waals surface area contributed by atoms with Gasteiger partial charge in [0.05, 0.1) is 11.6 Å². The van der Waals surface area contributed by atoms with Gasteiger partial charge in [-0.25, -0.2) is 4.39 Å². The van der Waals surface area contributed by atoms with E-state index in [1.54, 1.807) is 18.2 Å². The predicted octanol–water partition coefficient (Wildman–Crippen LogP) is 4.06. The average molecular weight is 306 g/mol. The lowest BCUT2D eigenvalue weighted by Crippen LogP contribution is -1.79. The number of aromatic hydroxyl groups is 1. The molecule has 0 fully saturated rings. The van der Waals surface area contributed by atoms with E-state index in [0.29, 0.717) is 27.5 Å². The number of benzene rings is 2. The smallest absolute Gasteiger partial charge is 0.169 e. The van der Waals surface area contributed by atoms with Crippen molar-refractivity contribution in [1.82, 2.24) is 0 Å². The molecule has 0 amide bonds. The number of fused-ring (bicyclic) bond motifs is 3. The molecule has 0 spiro atoms. The van der Waals surface area contributed by atoms with Crippen LogP contribution in [-0.2, 0) is 0 Å². The minimum absolute atomic E-state index is 0.173. The Bertz CT molecular complexity index is 832. The Hall–Kier alpha value is -2.06. The molecule has 0 bridgehead atoms. The second kappa shape index (κ2) is 3.72. The lowest BCUT2D eigenvalue weighted by molar-refractivity contribution is 0.429. The first kappa shape index (κ1) is 11.1. The molecule has 88 valence electrons. The molecule has 0 aliphatic carbocycles. The van der Waals surface area contributed by atoms with E-state index in [0.717, 1.165) is 0 Å². The van der Waals surface area contributed by atoms with E-state index in [4.69, 9.17) is 9.68 Å². The summed E-state index contributed by atoms with van der Waals surface area (Å²) in [6.45, 7) is 0. The van der Waals surface area contributed by atoms with E-state index >= 15 is 0 Å². The van der Waals surface area contributed by atoms with Crippen molar-refractivity contribution in [3.63, 3.8) is 0 Å². The summed E-state index contributed by atoms with van der Waals surface area (Å²) in [6.07, 6.45) is 0. The number of hydrogen-bond acceptors (Lipinski definition) is 3. The molecule has 2 aromatic carbocycles. The van der Waals surface area contributed by atoms with Gasteiger partial charge in [-0.15, -0.1) is 0 Å². The quantitative estimate of drug-likeness (QED) is 0.681. The van der Waals surface area contributed by atoms with Crippen molar-refractivity contribution >= 4 is 37.9 Å². The van der Waals surface area contributed by atoms with Crippen molar-refractivity contribution in [1.29, 1.82) is 5.26 Å². The molecule has 1 heterocycles. The third-order valence-electron chi connectivity index (χ3n) is 2.76.